The first-order valence-corrected chi connectivity index (χ1v) is 10.9. The van der Waals surface area contributed by atoms with Gasteiger partial charge in [-0.1, -0.05) is 0 Å². The fourth-order valence-corrected chi connectivity index (χ4v) is 6.21. The Morgan fingerprint density at radius 2 is 1.90 bits per heavy atom. The summed E-state index contributed by atoms with van der Waals surface area (Å²) >= 11 is 0. The molecule has 9 heteroatoms. The maximum atomic E-state index is 12.8. The lowest BCUT2D eigenvalue weighted by Gasteiger charge is -2.57. The zero-order valence-electron chi connectivity index (χ0n) is 17.2. The summed E-state index contributed by atoms with van der Waals surface area (Å²) in [5, 5.41) is 16.5. The van der Waals surface area contributed by atoms with Gasteiger partial charge in [0.05, 0.1) is 11.2 Å². The van der Waals surface area contributed by atoms with Gasteiger partial charge in [-0.15, -0.1) is 0 Å². The molecule has 0 radical (unpaired) electrons. The molecule has 1 saturated heterocycles. The van der Waals surface area contributed by atoms with Gasteiger partial charge in [-0.05, 0) is 56.3 Å². The van der Waals surface area contributed by atoms with Crippen LogP contribution in [0.3, 0.4) is 0 Å². The van der Waals surface area contributed by atoms with E-state index in [-0.39, 0.29) is 24.1 Å². The van der Waals surface area contributed by atoms with E-state index in [1.807, 2.05) is 0 Å². The fraction of sp³-hybridized carbons (Fsp3) is 0.714. The number of hydrogen-bond acceptors (Lipinski definition) is 7. The quantitative estimate of drug-likeness (QED) is 0.680. The van der Waals surface area contributed by atoms with Crippen LogP contribution in [-0.4, -0.2) is 69.9 Å². The van der Waals surface area contributed by atoms with Gasteiger partial charge in [-0.3, -0.25) is 4.79 Å². The van der Waals surface area contributed by atoms with Crippen LogP contribution in [0.25, 0.3) is 0 Å². The maximum absolute atomic E-state index is 12.8. The molecule has 1 aliphatic heterocycles. The Labute approximate surface area is 175 Å². The number of likely N-dealkylation sites (tertiary alicyclic amines) is 1. The summed E-state index contributed by atoms with van der Waals surface area (Å²) in [4.78, 5) is 34.5. The topological polar surface area (TPSA) is 117 Å². The summed E-state index contributed by atoms with van der Waals surface area (Å²) in [5.41, 5.74) is -0.116. The number of nitrogens with one attached hydrogen (secondary N) is 2. The van der Waals surface area contributed by atoms with E-state index < -0.39 is 5.60 Å². The number of aliphatic hydroxyl groups is 1. The zero-order valence-corrected chi connectivity index (χ0v) is 17.2. The van der Waals surface area contributed by atoms with E-state index in [1.165, 1.54) is 12.4 Å². The van der Waals surface area contributed by atoms with Gasteiger partial charge in [0.25, 0.3) is 5.91 Å². The molecule has 5 aliphatic rings. The van der Waals surface area contributed by atoms with Crippen molar-refractivity contribution in [3.8, 4) is 0 Å². The van der Waals surface area contributed by atoms with E-state index >= 15 is 0 Å². The number of aromatic nitrogens is 2. The van der Waals surface area contributed by atoms with E-state index in [0.717, 1.165) is 38.5 Å². The fourth-order valence-electron chi connectivity index (χ4n) is 6.21. The standard InChI is InChI=1S/C21H29N5O4/c1-22-18(27)15-9-23-19(24-10-15)25-16-2-3-26(11-16)20(28)30-17-13-4-12-5-14(17)8-21(29,6-12)7-13/h9-10,12-14,16-17,29H,2-8,11H2,1H3,(H,22,27)(H,23,24,25)/t12?,13?,14?,16-,17-,21-/m1/s1. The minimum absolute atomic E-state index is 0.0441. The molecule has 6 rings (SSSR count). The first kappa shape index (κ1) is 19.5. The lowest BCUT2D eigenvalue weighted by molar-refractivity contribution is -0.177. The summed E-state index contributed by atoms with van der Waals surface area (Å²) in [6.45, 7) is 1.16. The van der Waals surface area contributed by atoms with Crippen molar-refractivity contribution < 1.29 is 19.4 Å². The maximum Gasteiger partial charge on any atom is 0.410 e. The highest BCUT2D eigenvalue weighted by Gasteiger charge is 2.56. The molecule has 3 N–H and O–H groups in total. The molecule has 9 nitrogen and oxygen atoms in total. The van der Waals surface area contributed by atoms with E-state index in [0.29, 0.717) is 42.4 Å². The second-order valence-electron chi connectivity index (χ2n) is 9.49. The molecule has 2 unspecified atom stereocenters. The molecule has 5 fully saturated rings. The molecule has 2 amide bonds. The molecule has 3 atom stereocenters. The molecule has 1 aromatic heterocycles. The van der Waals surface area contributed by atoms with E-state index in [9.17, 15) is 14.7 Å². The van der Waals surface area contributed by atoms with Crippen molar-refractivity contribution >= 4 is 17.9 Å². The first-order chi connectivity index (χ1) is 14.4. The zero-order chi connectivity index (χ0) is 20.9. The van der Waals surface area contributed by atoms with Gasteiger partial charge in [0.2, 0.25) is 5.95 Å². The highest BCUT2D eigenvalue weighted by atomic mass is 16.6. The number of anilines is 1. The largest absolute Gasteiger partial charge is 0.446 e. The SMILES string of the molecule is CNC(=O)c1cnc(N[C@@H]2CCN(C(=O)O[C@H]3C4CC5CC3C[C@](O)(C5)C4)C2)nc1. The second-order valence-corrected chi connectivity index (χ2v) is 9.49. The molecule has 4 aliphatic carbocycles. The molecule has 4 saturated carbocycles. The van der Waals surface area contributed by atoms with Gasteiger partial charge in [0, 0.05) is 38.6 Å². The first-order valence-electron chi connectivity index (χ1n) is 10.9. The Kier molecular flexibility index (Phi) is 4.80. The molecular formula is C21H29N5O4. The third kappa shape index (κ3) is 3.59. The molecule has 4 bridgehead atoms. The highest BCUT2D eigenvalue weighted by Crippen LogP contribution is 2.56. The number of ether oxygens (including phenoxy) is 1. The third-order valence-electron chi connectivity index (χ3n) is 7.31. The van der Waals surface area contributed by atoms with Crippen molar-refractivity contribution in [2.75, 3.05) is 25.5 Å². The molecule has 0 aromatic carbocycles. The summed E-state index contributed by atoms with van der Waals surface area (Å²) in [7, 11) is 1.56. The third-order valence-corrected chi connectivity index (χ3v) is 7.31. The lowest BCUT2D eigenvalue weighted by atomic mass is 9.53. The molecule has 162 valence electrons. The van der Waals surface area contributed by atoms with Gasteiger partial charge >= 0.3 is 6.09 Å². The average Bonchev–Trinajstić information content (AvgIpc) is 3.18. The van der Waals surface area contributed by atoms with Crippen LogP contribution >= 0.6 is 0 Å². The number of rotatable bonds is 4. The lowest BCUT2D eigenvalue weighted by Crippen LogP contribution is -2.58. The Bertz CT molecular complexity index is 815. The van der Waals surface area contributed by atoms with Gasteiger partial charge in [0.1, 0.15) is 6.10 Å². The predicted molar refractivity (Wildman–Crippen MR) is 108 cm³/mol. The number of amides is 2. The average molecular weight is 415 g/mol. The Morgan fingerprint density at radius 1 is 1.20 bits per heavy atom. The smallest absolute Gasteiger partial charge is 0.410 e. The second kappa shape index (κ2) is 7.37. The molecule has 1 aromatic rings. The Morgan fingerprint density at radius 3 is 2.53 bits per heavy atom. The Hall–Kier alpha value is -2.42. The normalized spacial score (nSPS) is 36.6. The number of carbonyl (C=O) groups excluding carboxylic acids is 2. The van der Waals surface area contributed by atoms with Crippen molar-refractivity contribution in [2.45, 2.75) is 56.3 Å². The number of carbonyl (C=O) groups is 2. The number of nitrogens with zero attached hydrogens (tertiary/aromatic N) is 3. The van der Waals surface area contributed by atoms with Gasteiger partial charge in [-0.2, -0.15) is 0 Å². The van der Waals surface area contributed by atoms with Crippen LogP contribution in [0.2, 0.25) is 0 Å². The summed E-state index contributed by atoms with van der Waals surface area (Å²) in [5.74, 6) is 1.41. The van der Waals surface area contributed by atoms with Crippen LogP contribution in [0.4, 0.5) is 10.7 Å². The predicted octanol–water partition coefficient (Wildman–Crippen LogP) is 1.40. The van der Waals surface area contributed by atoms with Crippen LogP contribution in [0, 0.1) is 17.8 Å². The van der Waals surface area contributed by atoms with Crippen LogP contribution < -0.4 is 10.6 Å². The van der Waals surface area contributed by atoms with Crippen LogP contribution in [0.1, 0.15) is 48.9 Å². The van der Waals surface area contributed by atoms with Crippen LogP contribution in [0.5, 0.6) is 0 Å². The van der Waals surface area contributed by atoms with Crippen LogP contribution in [0.15, 0.2) is 12.4 Å². The molecule has 30 heavy (non-hydrogen) atoms. The van der Waals surface area contributed by atoms with E-state index in [2.05, 4.69) is 20.6 Å². The van der Waals surface area contributed by atoms with Crippen molar-refractivity contribution in [2.24, 2.45) is 17.8 Å². The van der Waals surface area contributed by atoms with Crippen molar-refractivity contribution in [1.29, 1.82) is 0 Å². The minimum Gasteiger partial charge on any atom is -0.446 e. The van der Waals surface area contributed by atoms with Crippen LogP contribution in [-0.2, 0) is 4.74 Å². The van der Waals surface area contributed by atoms with Gasteiger partial charge < -0.3 is 25.4 Å². The molecular weight excluding hydrogens is 386 g/mol. The van der Waals surface area contributed by atoms with Crippen molar-refractivity contribution in [3.63, 3.8) is 0 Å². The Balaban J connectivity index is 1.15. The van der Waals surface area contributed by atoms with Gasteiger partial charge in [0.15, 0.2) is 0 Å². The van der Waals surface area contributed by atoms with Crippen molar-refractivity contribution in [3.05, 3.63) is 18.0 Å². The van der Waals surface area contributed by atoms with E-state index in [1.54, 1.807) is 11.9 Å². The van der Waals surface area contributed by atoms with Gasteiger partial charge in [-0.25, -0.2) is 14.8 Å². The van der Waals surface area contributed by atoms with E-state index in [4.69, 9.17) is 4.74 Å². The minimum atomic E-state index is -0.518. The monoisotopic (exact) mass is 415 g/mol. The van der Waals surface area contributed by atoms with Crippen molar-refractivity contribution in [1.82, 2.24) is 20.2 Å². The molecule has 0 spiro atoms. The summed E-state index contributed by atoms with van der Waals surface area (Å²) in [6, 6.07) is 0.0441. The highest BCUT2D eigenvalue weighted by molar-refractivity contribution is 5.93. The molecule has 2 heterocycles. The summed E-state index contributed by atoms with van der Waals surface area (Å²) in [6.07, 6.45) is 8.05. The number of hydrogen-bond donors (Lipinski definition) is 3. The summed E-state index contributed by atoms with van der Waals surface area (Å²) < 4.78 is 5.98.